The molecule has 0 saturated carbocycles. The first kappa shape index (κ1) is 18.9. The Hall–Kier alpha value is -4.13. The maximum atomic E-state index is 13.6. The van der Waals surface area contributed by atoms with Crippen molar-refractivity contribution in [2.45, 2.75) is 18.5 Å². The Bertz CT molecular complexity index is 1200. The predicted octanol–water partition coefficient (Wildman–Crippen LogP) is 4.12. The van der Waals surface area contributed by atoms with Gasteiger partial charge in [0.2, 0.25) is 5.76 Å². The second kappa shape index (κ2) is 7.60. The number of rotatable bonds is 6. The molecule has 2 aromatic carbocycles. The summed E-state index contributed by atoms with van der Waals surface area (Å²) in [6.07, 6.45) is 1.88. The molecule has 0 bridgehead atoms. The monoisotopic (exact) mass is 413 g/mol. The molecule has 1 saturated heterocycles. The maximum absolute atomic E-state index is 13.6. The van der Waals surface area contributed by atoms with Crippen LogP contribution in [0.1, 0.15) is 16.8 Å². The lowest BCUT2D eigenvalue weighted by molar-refractivity contribution is -0.132. The highest BCUT2D eigenvalue weighted by molar-refractivity contribution is 6.07. The smallest absolute Gasteiger partial charge is 0.325 e. The van der Waals surface area contributed by atoms with E-state index in [1.807, 2.05) is 60.7 Å². The van der Waals surface area contributed by atoms with Crippen molar-refractivity contribution < 1.29 is 18.5 Å². The minimum absolute atomic E-state index is 0.00174. The lowest BCUT2D eigenvalue weighted by atomic mass is 9.83. The van der Waals surface area contributed by atoms with Crippen molar-refractivity contribution in [1.29, 1.82) is 0 Å². The van der Waals surface area contributed by atoms with Gasteiger partial charge >= 0.3 is 6.03 Å². The van der Waals surface area contributed by atoms with Crippen LogP contribution in [0.2, 0.25) is 0 Å². The number of aromatic nitrogens is 1. The molecule has 5 rings (SSSR count). The molecule has 0 radical (unpaired) electrons. The number of urea groups is 1. The summed E-state index contributed by atoms with van der Waals surface area (Å²) in [5.74, 6) is 0.638. The molecule has 1 N–H and O–H groups in total. The van der Waals surface area contributed by atoms with Gasteiger partial charge in [0.25, 0.3) is 5.91 Å². The standard InChI is InChI=1S/C24H19N3O4/c28-22-24(18-10-5-2-6-11-18,15-17-8-3-1-4-9-17)25-23(29)27(22)16-19-14-21(31-26-19)20-12-7-13-30-20/h1-14H,15-16H2,(H,25,29)/t24-/m0/s1. The highest BCUT2D eigenvalue weighted by atomic mass is 16.5. The van der Waals surface area contributed by atoms with Crippen molar-refractivity contribution in [2.75, 3.05) is 0 Å². The fourth-order valence-corrected chi connectivity index (χ4v) is 3.90. The van der Waals surface area contributed by atoms with Crippen LogP contribution in [0.4, 0.5) is 4.79 Å². The summed E-state index contributed by atoms with van der Waals surface area (Å²) in [6, 6.07) is 23.6. The molecule has 7 nitrogen and oxygen atoms in total. The van der Waals surface area contributed by atoms with Crippen LogP contribution in [0.5, 0.6) is 0 Å². The second-order valence-corrected chi connectivity index (χ2v) is 7.41. The summed E-state index contributed by atoms with van der Waals surface area (Å²) < 4.78 is 10.6. The van der Waals surface area contributed by atoms with Gasteiger partial charge in [-0.15, -0.1) is 0 Å². The zero-order chi connectivity index (χ0) is 21.3. The van der Waals surface area contributed by atoms with E-state index in [-0.39, 0.29) is 12.5 Å². The van der Waals surface area contributed by atoms with Crippen molar-refractivity contribution in [1.82, 2.24) is 15.4 Å². The van der Waals surface area contributed by atoms with Gasteiger partial charge in [-0.25, -0.2) is 4.79 Å². The van der Waals surface area contributed by atoms with Gasteiger partial charge in [0.1, 0.15) is 5.69 Å². The maximum Gasteiger partial charge on any atom is 0.325 e. The number of hydrogen-bond donors (Lipinski definition) is 1. The van der Waals surface area contributed by atoms with Crippen LogP contribution in [0.25, 0.3) is 11.5 Å². The fourth-order valence-electron chi connectivity index (χ4n) is 3.90. The number of carbonyl (C=O) groups excluding carboxylic acids is 2. The van der Waals surface area contributed by atoms with Gasteiger partial charge in [-0.3, -0.25) is 9.69 Å². The van der Waals surface area contributed by atoms with Crippen molar-refractivity contribution in [3.05, 3.63) is 102 Å². The van der Waals surface area contributed by atoms with E-state index < -0.39 is 11.6 Å². The highest BCUT2D eigenvalue weighted by Crippen LogP contribution is 2.34. The summed E-state index contributed by atoms with van der Waals surface area (Å²) in [5.41, 5.74) is 0.950. The first-order valence-corrected chi connectivity index (χ1v) is 9.89. The summed E-state index contributed by atoms with van der Waals surface area (Å²) >= 11 is 0. The Balaban J connectivity index is 1.47. The molecule has 3 heterocycles. The largest absolute Gasteiger partial charge is 0.461 e. The SMILES string of the molecule is O=C1N[C@@](Cc2ccccc2)(c2ccccc2)C(=O)N1Cc1cc(-c2ccco2)on1. The van der Waals surface area contributed by atoms with Crippen LogP contribution in [0, 0.1) is 0 Å². The van der Waals surface area contributed by atoms with Crippen LogP contribution < -0.4 is 5.32 Å². The van der Waals surface area contributed by atoms with Gasteiger partial charge < -0.3 is 14.3 Å². The van der Waals surface area contributed by atoms with E-state index >= 15 is 0 Å². The Kier molecular flexibility index (Phi) is 4.63. The van der Waals surface area contributed by atoms with E-state index in [0.29, 0.717) is 23.6 Å². The van der Waals surface area contributed by atoms with Crippen LogP contribution in [0.15, 0.2) is 94.1 Å². The van der Waals surface area contributed by atoms with Gasteiger partial charge in [0.05, 0.1) is 12.8 Å². The van der Waals surface area contributed by atoms with E-state index in [1.165, 1.54) is 11.2 Å². The molecule has 154 valence electrons. The minimum atomic E-state index is -1.19. The number of hydrogen-bond acceptors (Lipinski definition) is 5. The Morgan fingerprint density at radius 3 is 2.35 bits per heavy atom. The van der Waals surface area contributed by atoms with Gasteiger partial charge in [0.15, 0.2) is 11.3 Å². The van der Waals surface area contributed by atoms with Gasteiger partial charge in [-0.2, -0.15) is 0 Å². The molecule has 4 aromatic rings. The average Bonchev–Trinajstić information content (AvgIpc) is 3.53. The summed E-state index contributed by atoms with van der Waals surface area (Å²) in [4.78, 5) is 27.7. The molecule has 1 aliphatic heterocycles. The Morgan fingerprint density at radius 2 is 1.65 bits per heavy atom. The number of benzene rings is 2. The van der Waals surface area contributed by atoms with E-state index in [1.54, 1.807) is 18.2 Å². The fraction of sp³-hybridized carbons (Fsp3) is 0.125. The number of imide groups is 1. The number of nitrogens with one attached hydrogen (secondary N) is 1. The molecule has 0 aliphatic carbocycles. The first-order valence-electron chi connectivity index (χ1n) is 9.89. The lowest BCUT2D eigenvalue weighted by Gasteiger charge is -2.27. The Morgan fingerprint density at radius 1 is 0.903 bits per heavy atom. The van der Waals surface area contributed by atoms with Crippen molar-refractivity contribution in [3.63, 3.8) is 0 Å². The molecular weight excluding hydrogens is 394 g/mol. The molecule has 0 spiro atoms. The number of carbonyl (C=O) groups is 2. The lowest BCUT2D eigenvalue weighted by Crippen LogP contribution is -2.46. The molecule has 1 aliphatic rings. The van der Waals surface area contributed by atoms with E-state index in [2.05, 4.69) is 10.5 Å². The highest BCUT2D eigenvalue weighted by Gasteiger charge is 2.52. The molecule has 0 unspecified atom stereocenters. The average molecular weight is 413 g/mol. The van der Waals surface area contributed by atoms with E-state index in [4.69, 9.17) is 8.94 Å². The van der Waals surface area contributed by atoms with Crippen LogP contribution in [-0.2, 0) is 23.3 Å². The quantitative estimate of drug-likeness (QED) is 0.480. The minimum Gasteiger partial charge on any atom is -0.461 e. The number of furan rings is 1. The third-order valence-electron chi connectivity index (χ3n) is 5.40. The molecule has 3 amide bonds. The van der Waals surface area contributed by atoms with E-state index in [9.17, 15) is 9.59 Å². The van der Waals surface area contributed by atoms with Gasteiger partial charge in [0, 0.05) is 12.5 Å². The van der Waals surface area contributed by atoms with Crippen molar-refractivity contribution >= 4 is 11.9 Å². The van der Waals surface area contributed by atoms with Gasteiger partial charge in [-0.05, 0) is 23.3 Å². The molecule has 1 atom stereocenters. The topological polar surface area (TPSA) is 88.6 Å². The normalized spacial score (nSPS) is 18.4. The van der Waals surface area contributed by atoms with E-state index in [0.717, 1.165) is 11.1 Å². The Labute approximate surface area is 178 Å². The molecule has 2 aromatic heterocycles. The first-order chi connectivity index (χ1) is 15.2. The zero-order valence-corrected chi connectivity index (χ0v) is 16.5. The third kappa shape index (κ3) is 3.40. The zero-order valence-electron chi connectivity index (χ0n) is 16.5. The summed E-state index contributed by atoms with van der Waals surface area (Å²) in [5, 5.41) is 6.95. The predicted molar refractivity (Wildman–Crippen MR) is 112 cm³/mol. The van der Waals surface area contributed by atoms with Crippen LogP contribution >= 0.6 is 0 Å². The third-order valence-corrected chi connectivity index (χ3v) is 5.40. The second-order valence-electron chi connectivity index (χ2n) is 7.41. The number of amides is 3. The summed E-state index contributed by atoms with van der Waals surface area (Å²) in [6.45, 7) is -0.00174. The molecule has 31 heavy (non-hydrogen) atoms. The molecule has 1 fully saturated rings. The van der Waals surface area contributed by atoms with Gasteiger partial charge in [-0.1, -0.05) is 65.8 Å². The van der Waals surface area contributed by atoms with Crippen LogP contribution in [0.3, 0.4) is 0 Å². The summed E-state index contributed by atoms with van der Waals surface area (Å²) in [7, 11) is 0. The van der Waals surface area contributed by atoms with Crippen molar-refractivity contribution in [3.8, 4) is 11.5 Å². The molecular formula is C24H19N3O4. The number of nitrogens with zero attached hydrogens (tertiary/aromatic N) is 2. The molecule has 7 heteroatoms. The van der Waals surface area contributed by atoms with Crippen molar-refractivity contribution in [2.24, 2.45) is 0 Å². The van der Waals surface area contributed by atoms with Crippen LogP contribution in [-0.4, -0.2) is 22.0 Å².